The van der Waals surface area contributed by atoms with E-state index in [1.807, 2.05) is 6.92 Å². The number of pyridine rings is 1. The fourth-order valence-electron chi connectivity index (χ4n) is 2.22. The van der Waals surface area contributed by atoms with Gasteiger partial charge in [0.2, 0.25) is 0 Å². The first-order valence-electron chi connectivity index (χ1n) is 6.52. The molecule has 1 saturated carbocycles. The molecule has 5 nitrogen and oxygen atoms in total. The van der Waals surface area contributed by atoms with E-state index >= 15 is 0 Å². The molecular weight excluding hydrogens is 263 g/mol. The Kier molecular flexibility index (Phi) is 3.08. The average molecular weight is 278 g/mol. The Bertz CT molecular complexity index is 668. The van der Waals surface area contributed by atoms with Gasteiger partial charge < -0.3 is 13.9 Å². The first kappa shape index (κ1) is 12.9. The van der Waals surface area contributed by atoms with Gasteiger partial charge in [-0.25, -0.2) is 14.2 Å². The van der Waals surface area contributed by atoms with E-state index in [9.17, 15) is 9.18 Å². The van der Waals surface area contributed by atoms with Gasteiger partial charge in [0, 0.05) is 24.4 Å². The number of ether oxygens (including phenoxy) is 2. The predicted molar refractivity (Wildman–Crippen MR) is 70.0 cm³/mol. The van der Waals surface area contributed by atoms with E-state index in [0.29, 0.717) is 35.7 Å². The van der Waals surface area contributed by atoms with E-state index in [1.165, 1.54) is 7.11 Å². The zero-order valence-electron chi connectivity index (χ0n) is 11.3. The van der Waals surface area contributed by atoms with Gasteiger partial charge in [-0.3, -0.25) is 0 Å². The maximum absolute atomic E-state index is 13.1. The number of nitrogens with zero attached hydrogens (tertiary/aromatic N) is 2. The molecule has 20 heavy (non-hydrogen) atoms. The number of carbonyl (C=O) groups is 1. The molecule has 0 aromatic carbocycles. The smallest absolute Gasteiger partial charge is 0.343 e. The number of rotatable bonds is 4. The molecule has 1 aliphatic carbocycles. The molecule has 2 atom stereocenters. The van der Waals surface area contributed by atoms with Crippen LogP contribution in [-0.2, 0) is 4.74 Å². The number of imidazole rings is 1. The van der Waals surface area contributed by atoms with E-state index in [-0.39, 0.29) is 5.92 Å². The van der Waals surface area contributed by atoms with Gasteiger partial charge in [0.05, 0.1) is 19.4 Å². The number of alkyl halides is 1. The number of carbonyl (C=O) groups excluding carboxylic acids is 1. The molecule has 0 radical (unpaired) electrons. The van der Waals surface area contributed by atoms with Crippen molar-refractivity contribution < 1.29 is 18.7 Å². The van der Waals surface area contributed by atoms with Crippen molar-refractivity contribution in [3.8, 4) is 5.75 Å². The number of methoxy groups -OCH3 is 1. The molecule has 3 rings (SSSR count). The van der Waals surface area contributed by atoms with Gasteiger partial charge in [-0.1, -0.05) is 0 Å². The second-order valence-electron chi connectivity index (χ2n) is 4.77. The van der Waals surface area contributed by atoms with Crippen LogP contribution < -0.4 is 4.74 Å². The third-order valence-corrected chi connectivity index (χ3v) is 3.37. The minimum Gasteiger partial charge on any atom is -0.493 e. The van der Waals surface area contributed by atoms with Crippen molar-refractivity contribution in [2.24, 2.45) is 0 Å². The summed E-state index contributed by atoms with van der Waals surface area (Å²) in [6.07, 6.45) is 3.08. The van der Waals surface area contributed by atoms with E-state index in [2.05, 4.69) is 4.98 Å². The number of halogens is 1. The second-order valence-corrected chi connectivity index (χ2v) is 4.77. The maximum Gasteiger partial charge on any atom is 0.343 e. The lowest BCUT2D eigenvalue weighted by Gasteiger charge is -2.09. The van der Waals surface area contributed by atoms with Gasteiger partial charge >= 0.3 is 5.97 Å². The highest BCUT2D eigenvalue weighted by molar-refractivity contribution is 5.92. The van der Waals surface area contributed by atoms with Crippen LogP contribution in [-0.4, -0.2) is 35.2 Å². The van der Waals surface area contributed by atoms with E-state index < -0.39 is 12.1 Å². The molecule has 2 aromatic rings. The Labute approximate surface area is 115 Å². The van der Waals surface area contributed by atoms with Crippen molar-refractivity contribution in [3.05, 3.63) is 29.7 Å². The summed E-state index contributed by atoms with van der Waals surface area (Å²) >= 11 is 0. The van der Waals surface area contributed by atoms with Gasteiger partial charge in [-0.15, -0.1) is 0 Å². The first-order valence-corrected chi connectivity index (χ1v) is 6.52. The largest absolute Gasteiger partial charge is 0.493 e. The zero-order chi connectivity index (χ0) is 14.3. The van der Waals surface area contributed by atoms with Crippen LogP contribution in [0.2, 0.25) is 0 Å². The fraction of sp³-hybridized carbons (Fsp3) is 0.429. The van der Waals surface area contributed by atoms with Crippen molar-refractivity contribution in [2.75, 3.05) is 13.7 Å². The normalized spacial score (nSPS) is 20.9. The van der Waals surface area contributed by atoms with Crippen LogP contribution in [0.4, 0.5) is 4.39 Å². The molecule has 0 N–H and O–H groups in total. The van der Waals surface area contributed by atoms with Crippen LogP contribution in [0.3, 0.4) is 0 Å². The minimum atomic E-state index is -0.800. The molecule has 2 aromatic heterocycles. The second kappa shape index (κ2) is 4.77. The average Bonchev–Trinajstić information content (AvgIpc) is 3.02. The minimum absolute atomic E-state index is 0.118. The number of fused-ring (bicyclic) bond motifs is 1. The first-order chi connectivity index (χ1) is 9.63. The highest BCUT2D eigenvalue weighted by Crippen LogP contribution is 2.43. The number of hydrogen-bond acceptors (Lipinski definition) is 4. The molecule has 1 fully saturated rings. The quantitative estimate of drug-likeness (QED) is 0.806. The van der Waals surface area contributed by atoms with Crippen LogP contribution >= 0.6 is 0 Å². The van der Waals surface area contributed by atoms with Crippen molar-refractivity contribution in [1.29, 1.82) is 0 Å². The highest BCUT2D eigenvalue weighted by atomic mass is 19.1. The topological polar surface area (TPSA) is 52.8 Å². The summed E-state index contributed by atoms with van der Waals surface area (Å²) in [5.74, 6) is -0.163. The van der Waals surface area contributed by atoms with Crippen LogP contribution in [0.1, 0.15) is 35.3 Å². The summed E-state index contributed by atoms with van der Waals surface area (Å²) in [6.45, 7) is 2.27. The molecular formula is C14H15FN2O3. The van der Waals surface area contributed by atoms with E-state index in [4.69, 9.17) is 9.47 Å². The Morgan fingerprint density at radius 3 is 2.90 bits per heavy atom. The number of hydrogen-bond donors (Lipinski definition) is 0. The van der Waals surface area contributed by atoms with Crippen molar-refractivity contribution >= 4 is 11.6 Å². The van der Waals surface area contributed by atoms with Crippen molar-refractivity contribution in [2.45, 2.75) is 25.4 Å². The van der Waals surface area contributed by atoms with E-state index in [0.717, 1.165) is 0 Å². The Morgan fingerprint density at radius 1 is 1.55 bits per heavy atom. The summed E-state index contributed by atoms with van der Waals surface area (Å²) in [4.78, 5) is 16.1. The van der Waals surface area contributed by atoms with Gasteiger partial charge in [-0.2, -0.15) is 0 Å². The summed E-state index contributed by atoms with van der Waals surface area (Å²) in [6, 6.07) is 1.68. The summed E-state index contributed by atoms with van der Waals surface area (Å²) < 4.78 is 25.0. The van der Waals surface area contributed by atoms with Crippen LogP contribution in [0.25, 0.3) is 5.65 Å². The molecule has 0 bridgehead atoms. The van der Waals surface area contributed by atoms with Crippen LogP contribution in [0.15, 0.2) is 18.5 Å². The standard InChI is InChI=1S/C14H15FN2O3/c1-3-20-12-5-13-16-11(8-4-10(8)15)7-17(13)6-9(12)14(18)19-2/h5-8,10H,3-4H2,1-2H3/t8-,10+/m1/s1. The molecule has 0 aliphatic heterocycles. The molecule has 0 spiro atoms. The van der Waals surface area contributed by atoms with E-state index in [1.54, 1.807) is 22.9 Å². The van der Waals surface area contributed by atoms with Crippen molar-refractivity contribution in [1.82, 2.24) is 9.38 Å². The maximum atomic E-state index is 13.1. The summed E-state index contributed by atoms with van der Waals surface area (Å²) in [5.41, 5.74) is 1.68. The summed E-state index contributed by atoms with van der Waals surface area (Å²) in [5, 5.41) is 0. The lowest BCUT2D eigenvalue weighted by Crippen LogP contribution is -2.07. The van der Waals surface area contributed by atoms with Crippen LogP contribution in [0.5, 0.6) is 5.75 Å². The molecule has 106 valence electrons. The predicted octanol–water partition coefficient (Wildman–Crippen LogP) is 2.35. The highest BCUT2D eigenvalue weighted by Gasteiger charge is 2.40. The molecule has 0 unspecified atom stereocenters. The lowest BCUT2D eigenvalue weighted by atomic mass is 10.2. The third-order valence-electron chi connectivity index (χ3n) is 3.37. The Morgan fingerprint density at radius 2 is 2.30 bits per heavy atom. The molecule has 0 amide bonds. The zero-order valence-corrected chi connectivity index (χ0v) is 11.3. The van der Waals surface area contributed by atoms with Crippen LogP contribution in [0, 0.1) is 0 Å². The number of esters is 1. The number of aromatic nitrogens is 2. The van der Waals surface area contributed by atoms with Gasteiger partial charge in [0.15, 0.2) is 0 Å². The SMILES string of the molecule is CCOc1cc2nc([C@@H]3C[C@@H]3F)cn2cc1C(=O)OC. The molecule has 6 heteroatoms. The lowest BCUT2D eigenvalue weighted by molar-refractivity contribution is 0.0595. The fourth-order valence-corrected chi connectivity index (χ4v) is 2.22. The summed E-state index contributed by atoms with van der Waals surface area (Å²) in [7, 11) is 1.32. The Balaban J connectivity index is 2.07. The molecule has 0 saturated heterocycles. The molecule has 2 heterocycles. The Hall–Kier alpha value is -2.11. The third kappa shape index (κ3) is 2.11. The van der Waals surface area contributed by atoms with Crippen molar-refractivity contribution in [3.63, 3.8) is 0 Å². The van der Waals surface area contributed by atoms with Gasteiger partial charge in [0.25, 0.3) is 0 Å². The monoisotopic (exact) mass is 278 g/mol. The molecule has 1 aliphatic rings. The van der Waals surface area contributed by atoms with Gasteiger partial charge in [-0.05, 0) is 13.3 Å². The van der Waals surface area contributed by atoms with Gasteiger partial charge in [0.1, 0.15) is 23.1 Å².